The summed E-state index contributed by atoms with van der Waals surface area (Å²) >= 11 is 1.62. The van der Waals surface area contributed by atoms with Crippen molar-refractivity contribution in [1.82, 2.24) is 24.9 Å². The van der Waals surface area contributed by atoms with Crippen LogP contribution in [0.25, 0.3) is 11.4 Å². The van der Waals surface area contributed by atoms with E-state index in [0.29, 0.717) is 29.4 Å². The van der Waals surface area contributed by atoms with Gasteiger partial charge in [0.2, 0.25) is 11.7 Å². The first-order chi connectivity index (χ1) is 12.8. The molecule has 7 nitrogen and oxygen atoms in total. The number of nitrogens with zero attached hydrogens (tertiary/aromatic N) is 5. The van der Waals surface area contributed by atoms with Crippen molar-refractivity contribution in [3.8, 4) is 17.1 Å². The summed E-state index contributed by atoms with van der Waals surface area (Å²) in [5.74, 6) is 4.36. The van der Waals surface area contributed by atoms with E-state index in [1.807, 2.05) is 24.3 Å². The molecule has 0 aliphatic heterocycles. The topological polar surface area (TPSA) is 78.9 Å². The lowest BCUT2D eigenvalue weighted by molar-refractivity contribution is 0.391. The second kappa shape index (κ2) is 6.42. The summed E-state index contributed by atoms with van der Waals surface area (Å²) in [7, 11) is 1.65. The smallest absolute Gasteiger partial charge is 0.237 e. The molecule has 0 saturated heterocycles. The Labute approximate surface area is 155 Å². The molecule has 0 N–H and O–H groups in total. The molecule has 2 fully saturated rings. The van der Waals surface area contributed by atoms with E-state index in [1.165, 1.54) is 31.5 Å². The molecule has 0 spiro atoms. The fourth-order valence-electron chi connectivity index (χ4n) is 2.98. The zero-order valence-corrected chi connectivity index (χ0v) is 15.3. The normalized spacial score (nSPS) is 16.8. The van der Waals surface area contributed by atoms with Gasteiger partial charge in [-0.1, -0.05) is 16.9 Å². The Morgan fingerprint density at radius 3 is 2.65 bits per heavy atom. The van der Waals surface area contributed by atoms with Crippen molar-refractivity contribution in [2.45, 2.75) is 48.6 Å². The summed E-state index contributed by atoms with van der Waals surface area (Å²) in [4.78, 5) is 4.50. The summed E-state index contributed by atoms with van der Waals surface area (Å²) in [6.07, 6.45) is 4.94. The summed E-state index contributed by atoms with van der Waals surface area (Å²) < 4.78 is 12.9. The van der Waals surface area contributed by atoms with Crippen LogP contribution in [-0.4, -0.2) is 32.0 Å². The molecule has 2 aliphatic carbocycles. The van der Waals surface area contributed by atoms with E-state index in [-0.39, 0.29) is 0 Å². The molecule has 0 amide bonds. The van der Waals surface area contributed by atoms with Gasteiger partial charge in [0.15, 0.2) is 5.16 Å². The molecule has 2 aliphatic rings. The quantitative estimate of drug-likeness (QED) is 0.585. The van der Waals surface area contributed by atoms with Gasteiger partial charge in [-0.3, -0.25) is 0 Å². The van der Waals surface area contributed by atoms with Crippen molar-refractivity contribution in [3.63, 3.8) is 0 Å². The maximum Gasteiger partial charge on any atom is 0.237 e. The minimum Gasteiger partial charge on any atom is -0.497 e. The number of aromatic nitrogens is 5. The highest BCUT2D eigenvalue weighted by Crippen LogP contribution is 2.46. The van der Waals surface area contributed by atoms with Gasteiger partial charge in [-0.15, -0.1) is 10.2 Å². The SMILES string of the molecule is COc1ccc(-c2noc(CSc3nnc(C4CC4)n3C3CC3)n2)cc1. The van der Waals surface area contributed by atoms with Gasteiger partial charge in [0.25, 0.3) is 0 Å². The molecule has 5 rings (SSSR count). The predicted molar refractivity (Wildman–Crippen MR) is 96.1 cm³/mol. The van der Waals surface area contributed by atoms with Crippen molar-refractivity contribution < 1.29 is 9.26 Å². The predicted octanol–water partition coefficient (Wildman–Crippen LogP) is 3.84. The first-order valence-electron chi connectivity index (χ1n) is 8.86. The zero-order chi connectivity index (χ0) is 17.5. The van der Waals surface area contributed by atoms with Crippen LogP contribution in [0.1, 0.15) is 49.4 Å². The number of methoxy groups -OCH3 is 1. The zero-order valence-electron chi connectivity index (χ0n) is 14.5. The van der Waals surface area contributed by atoms with Gasteiger partial charge in [0.1, 0.15) is 11.6 Å². The Morgan fingerprint density at radius 1 is 1.15 bits per heavy atom. The van der Waals surface area contributed by atoms with Gasteiger partial charge < -0.3 is 13.8 Å². The monoisotopic (exact) mass is 369 g/mol. The van der Waals surface area contributed by atoms with E-state index < -0.39 is 0 Å². The molecule has 0 unspecified atom stereocenters. The molecule has 26 heavy (non-hydrogen) atoms. The summed E-state index contributed by atoms with van der Waals surface area (Å²) in [6, 6.07) is 8.20. The van der Waals surface area contributed by atoms with Crippen LogP contribution in [0.5, 0.6) is 5.75 Å². The molecular weight excluding hydrogens is 350 g/mol. The maximum absolute atomic E-state index is 5.41. The fraction of sp³-hybridized carbons (Fsp3) is 0.444. The second-order valence-electron chi connectivity index (χ2n) is 6.75. The van der Waals surface area contributed by atoms with E-state index in [2.05, 4.69) is 24.9 Å². The Kier molecular flexibility index (Phi) is 3.92. The number of hydrogen-bond donors (Lipinski definition) is 0. The third-order valence-electron chi connectivity index (χ3n) is 4.69. The summed E-state index contributed by atoms with van der Waals surface area (Å²) in [5, 5.41) is 13.9. The molecule has 134 valence electrons. The number of rotatable bonds is 7. The van der Waals surface area contributed by atoms with E-state index in [0.717, 1.165) is 16.5 Å². The molecule has 2 heterocycles. The standard InChI is InChI=1S/C18H19N5O2S/c1-24-14-8-4-11(5-9-14)16-19-15(25-22-16)10-26-18-21-20-17(12-2-3-12)23(18)13-6-7-13/h4-5,8-9,12-13H,2-3,6-7,10H2,1H3. The minimum atomic E-state index is 0.584. The van der Waals surface area contributed by atoms with Crippen LogP contribution in [0, 0.1) is 0 Å². The molecule has 0 bridgehead atoms. The Morgan fingerprint density at radius 2 is 1.96 bits per heavy atom. The van der Waals surface area contributed by atoms with Crippen LogP contribution >= 0.6 is 11.8 Å². The first-order valence-corrected chi connectivity index (χ1v) is 9.85. The van der Waals surface area contributed by atoms with Crippen molar-refractivity contribution in [3.05, 3.63) is 36.0 Å². The van der Waals surface area contributed by atoms with Gasteiger partial charge in [-0.05, 0) is 49.9 Å². The van der Waals surface area contributed by atoms with Crippen molar-refractivity contribution >= 4 is 11.8 Å². The third-order valence-corrected chi connectivity index (χ3v) is 5.61. The van der Waals surface area contributed by atoms with Gasteiger partial charge in [0, 0.05) is 17.5 Å². The number of thioether (sulfide) groups is 1. The van der Waals surface area contributed by atoms with Crippen LogP contribution in [0.15, 0.2) is 33.9 Å². The summed E-state index contributed by atoms with van der Waals surface area (Å²) in [6.45, 7) is 0. The number of hydrogen-bond acceptors (Lipinski definition) is 7. The lowest BCUT2D eigenvalue weighted by Crippen LogP contribution is -2.01. The molecule has 0 radical (unpaired) electrons. The van der Waals surface area contributed by atoms with E-state index in [1.54, 1.807) is 18.9 Å². The van der Waals surface area contributed by atoms with E-state index in [9.17, 15) is 0 Å². The number of ether oxygens (including phenoxy) is 1. The molecule has 8 heteroatoms. The molecule has 2 aromatic heterocycles. The molecule has 2 saturated carbocycles. The van der Waals surface area contributed by atoms with Crippen LogP contribution in [-0.2, 0) is 5.75 Å². The number of benzene rings is 1. The second-order valence-corrected chi connectivity index (χ2v) is 7.69. The Hall–Kier alpha value is -2.35. The maximum atomic E-state index is 5.41. The van der Waals surface area contributed by atoms with Crippen LogP contribution in [0.4, 0.5) is 0 Å². The van der Waals surface area contributed by atoms with Gasteiger partial charge in [-0.25, -0.2) is 0 Å². The summed E-state index contributed by atoms with van der Waals surface area (Å²) in [5.41, 5.74) is 0.906. The van der Waals surface area contributed by atoms with E-state index >= 15 is 0 Å². The largest absolute Gasteiger partial charge is 0.497 e. The molecule has 1 aromatic carbocycles. The Bertz CT molecular complexity index is 912. The lowest BCUT2D eigenvalue weighted by Gasteiger charge is -2.06. The minimum absolute atomic E-state index is 0.584. The highest BCUT2D eigenvalue weighted by atomic mass is 32.2. The molecule has 3 aromatic rings. The van der Waals surface area contributed by atoms with Crippen LogP contribution in [0.3, 0.4) is 0 Å². The van der Waals surface area contributed by atoms with Crippen LogP contribution < -0.4 is 4.74 Å². The first kappa shape index (κ1) is 15.9. The van der Waals surface area contributed by atoms with Crippen LogP contribution in [0.2, 0.25) is 0 Å². The van der Waals surface area contributed by atoms with Gasteiger partial charge in [-0.2, -0.15) is 4.98 Å². The molecular formula is C18H19N5O2S. The average molecular weight is 369 g/mol. The fourth-order valence-corrected chi connectivity index (χ4v) is 3.83. The van der Waals surface area contributed by atoms with Crippen molar-refractivity contribution in [1.29, 1.82) is 0 Å². The third kappa shape index (κ3) is 3.09. The highest BCUT2D eigenvalue weighted by Gasteiger charge is 2.36. The highest BCUT2D eigenvalue weighted by molar-refractivity contribution is 7.98. The Balaban J connectivity index is 1.30. The molecule has 0 atom stereocenters. The average Bonchev–Trinajstić information content (AvgIpc) is 3.61. The van der Waals surface area contributed by atoms with E-state index in [4.69, 9.17) is 9.26 Å². The van der Waals surface area contributed by atoms with Gasteiger partial charge in [0.05, 0.1) is 12.9 Å². The lowest BCUT2D eigenvalue weighted by atomic mass is 10.2. The van der Waals surface area contributed by atoms with Gasteiger partial charge >= 0.3 is 0 Å². The van der Waals surface area contributed by atoms with Crippen molar-refractivity contribution in [2.24, 2.45) is 0 Å². The van der Waals surface area contributed by atoms with Crippen molar-refractivity contribution in [2.75, 3.05) is 7.11 Å².